The van der Waals surface area contributed by atoms with E-state index in [2.05, 4.69) is 5.32 Å². The number of ether oxygens (including phenoxy) is 3. The van der Waals surface area contributed by atoms with Gasteiger partial charge in [0.15, 0.2) is 19.0 Å². The van der Waals surface area contributed by atoms with Crippen molar-refractivity contribution in [1.82, 2.24) is 5.32 Å². The molecule has 0 unspecified atom stereocenters. The number of carbonyl (C=O) groups excluding carboxylic acids is 3. The molecule has 33 heavy (non-hydrogen) atoms. The number of amides is 2. The molecule has 0 aliphatic carbocycles. The predicted octanol–water partition coefficient (Wildman–Crippen LogP) is 2.78. The normalized spacial score (nSPS) is 12.7. The molecular weight excluding hydrogens is 424 g/mol. The first-order valence-electron chi connectivity index (χ1n) is 11.1. The van der Waals surface area contributed by atoms with E-state index in [0.717, 1.165) is 12.0 Å². The van der Waals surface area contributed by atoms with Gasteiger partial charge in [-0.15, -0.1) is 0 Å². The lowest BCUT2D eigenvalue weighted by Gasteiger charge is -2.29. The van der Waals surface area contributed by atoms with E-state index in [0.29, 0.717) is 48.9 Å². The summed E-state index contributed by atoms with van der Waals surface area (Å²) in [6.07, 6.45) is 1.58. The third-order valence-corrected chi connectivity index (χ3v) is 5.35. The molecule has 0 spiro atoms. The maximum absolute atomic E-state index is 12.8. The van der Waals surface area contributed by atoms with Crippen LogP contribution < -0.4 is 19.7 Å². The molecule has 0 aromatic heterocycles. The van der Waals surface area contributed by atoms with Crippen molar-refractivity contribution in [2.75, 3.05) is 44.9 Å². The Balaban J connectivity index is 1.63. The van der Waals surface area contributed by atoms with Crippen molar-refractivity contribution >= 4 is 23.3 Å². The molecule has 0 saturated carbocycles. The molecule has 0 bridgehead atoms. The van der Waals surface area contributed by atoms with E-state index in [1.165, 1.54) is 0 Å². The lowest BCUT2D eigenvalue weighted by atomic mass is 10.1. The molecule has 8 nitrogen and oxygen atoms in total. The molecule has 1 heterocycles. The van der Waals surface area contributed by atoms with Gasteiger partial charge in [0.05, 0.1) is 12.3 Å². The fourth-order valence-corrected chi connectivity index (χ4v) is 3.56. The molecule has 3 rings (SSSR count). The number of hydrogen-bond acceptors (Lipinski definition) is 6. The van der Waals surface area contributed by atoms with E-state index >= 15 is 0 Å². The van der Waals surface area contributed by atoms with Crippen LogP contribution in [0.25, 0.3) is 0 Å². The van der Waals surface area contributed by atoms with Gasteiger partial charge in [-0.25, -0.2) is 0 Å². The van der Waals surface area contributed by atoms with E-state index in [4.69, 9.17) is 14.2 Å². The van der Waals surface area contributed by atoms with E-state index in [1.54, 1.807) is 30.2 Å². The smallest absolute Gasteiger partial charge is 0.265 e. The molecule has 0 saturated heterocycles. The highest BCUT2D eigenvalue weighted by Crippen LogP contribution is 2.33. The zero-order valence-electron chi connectivity index (χ0n) is 19.1. The number of rotatable bonds is 12. The number of fused-ring (bicyclic) bond motifs is 1. The van der Waals surface area contributed by atoms with Gasteiger partial charge in [-0.3, -0.25) is 14.4 Å². The Morgan fingerprint density at radius 2 is 2.00 bits per heavy atom. The van der Waals surface area contributed by atoms with Crippen molar-refractivity contribution in [3.63, 3.8) is 0 Å². The predicted molar refractivity (Wildman–Crippen MR) is 124 cm³/mol. The molecule has 2 aromatic rings. The molecule has 176 valence electrons. The number of aryl methyl sites for hydroxylation is 1. The average Bonchev–Trinajstić information content (AvgIpc) is 2.83. The minimum Gasteiger partial charge on any atom is -0.485 e. The van der Waals surface area contributed by atoms with Crippen LogP contribution in [0.1, 0.15) is 35.7 Å². The second kappa shape index (κ2) is 12.0. The monoisotopic (exact) mass is 454 g/mol. The Morgan fingerprint density at radius 1 is 1.18 bits per heavy atom. The molecule has 2 aromatic carbocycles. The maximum atomic E-state index is 12.8. The third-order valence-electron chi connectivity index (χ3n) is 5.35. The van der Waals surface area contributed by atoms with Gasteiger partial charge in [0.2, 0.25) is 5.91 Å². The third kappa shape index (κ3) is 6.55. The van der Waals surface area contributed by atoms with E-state index in [9.17, 15) is 14.4 Å². The average molecular weight is 455 g/mol. The first kappa shape index (κ1) is 24.3. The molecule has 1 N–H and O–H groups in total. The SMILES string of the molecule is CCc1ccccc1OCC(=O)c1ccc2c(c1)N(CCCC(=O)NCCOC)C(=O)CO2. The summed E-state index contributed by atoms with van der Waals surface area (Å²) in [7, 11) is 1.57. The maximum Gasteiger partial charge on any atom is 0.265 e. The number of benzene rings is 2. The van der Waals surface area contributed by atoms with Gasteiger partial charge in [0, 0.05) is 32.2 Å². The number of nitrogens with zero attached hydrogens (tertiary/aromatic N) is 1. The van der Waals surface area contributed by atoms with Gasteiger partial charge >= 0.3 is 0 Å². The first-order valence-corrected chi connectivity index (χ1v) is 11.1. The number of nitrogens with one attached hydrogen (secondary N) is 1. The van der Waals surface area contributed by atoms with Gasteiger partial charge in [0.25, 0.3) is 5.91 Å². The highest BCUT2D eigenvalue weighted by Gasteiger charge is 2.26. The lowest BCUT2D eigenvalue weighted by molar-refractivity contribution is -0.123. The second-order valence-electron chi connectivity index (χ2n) is 7.64. The van der Waals surface area contributed by atoms with E-state index in [-0.39, 0.29) is 37.2 Å². The molecule has 1 aliphatic rings. The quantitative estimate of drug-likeness (QED) is 0.392. The van der Waals surface area contributed by atoms with Crippen molar-refractivity contribution in [2.45, 2.75) is 26.2 Å². The van der Waals surface area contributed by atoms with Crippen LogP contribution in [0.5, 0.6) is 11.5 Å². The molecule has 0 fully saturated rings. The Bertz CT molecular complexity index is 991. The topological polar surface area (TPSA) is 94.2 Å². The Morgan fingerprint density at radius 3 is 2.79 bits per heavy atom. The van der Waals surface area contributed by atoms with Crippen LogP contribution in [0.15, 0.2) is 42.5 Å². The van der Waals surface area contributed by atoms with Crippen LogP contribution in [-0.4, -0.2) is 57.6 Å². The number of ketones is 1. The summed E-state index contributed by atoms with van der Waals surface area (Å²) in [6.45, 7) is 3.10. The zero-order chi connectivity index (χ0) is 23.6. The van der Waals surface area contributed by atoms with Crippen molar-refractivity contribution in [2.24, 2.45) is 0 Å². The highest BCUT2D eigenvalue weighted by molar-refractivity contribution is 6.02. The van der Waals surface area contributed by atoms with E-state index in [1.807, 2.05) is 31.2 Å². The Kier molecular flexibility index (Phi) is 8.83. The van der Waals surface area contributed by atoms with Gasteiger partial charge in [0.1, 0.15) is 11.5 Å². The second-order valence-corrected chi connectivity index (χ2v) is 7.64. The van der Waals surface area contributed by atoms with E-state index < -0.39 is 0 Å². The van der Waals surface area contributed by atoms with Crippen LogP contribution in [0.3, 0.4) is 0 Å². The molecular formula is C25H30N2O6. The minimum atomic E-state index is -0.208. The first-order chi connectivity index (χ1) is 16.0. The summed E-state index contributed by atoms with van der Waals surface area (Å²) in [5, 5.41) is 2.76. The van der Waals surface area contributed by atoms with Gasteiger partial charge in [-0.2, -0.15) is 0 Å². The number of hydrogen-bond donors (Lipinski definition) is 1. The Hall–Kier alpha value is -3.39. The number of Topliss-reactive ketones (excluding diaryl/α,β-unsaturated/α-hetero) is 1. The molecule has 0 atom stereocenters. The van der Waals surface area contributed by atoms with Crippen LogP contribution >= 0.6 is 0 Å². The summed E-state index contributed by atoms with van der Waals surface area (Å²) in [4.78, 5) is 38.8. The van der Waals surface area contributed by atoms with Crippen molar-refractivity contribution < 1.29 is 28.6 Å². The summed E-state index contributed by atoms with van der Waals surface area (Å²) in [6, 6.07) is 12.6. The summed E-state index contributed by atoms with van der Waals surface area (Å²) in [5.41, 5.74) is 2.00. The van der Waals surface area contributed by atoms with Gasteiger partial charge < -0.3 is 24.4 Å². The van der Waals surface area contributed by atoms with Crippen molar-refractivity contribution in [3.05, 3.63) is 53.6 Å². The van der Waals surface area contributed by atoms with Crippen LogP contribution in [0.2, 0.25) is 0 Å². The van der Waals surface area contributed by atoms with Gasteiger partial charge in [-0.1, -0.05) is 25.1 Å². The summed E-state index contributed by atoms with van der Waals surface area (Å²) in [5.74, 6) is 0.726. The fraction of sp³-hybridized carbons (Fsp3) is 0.400. The fourth-order valence-electron chi connectivity index (χ4n) is 3.56. The standard InChI is InChI=1S/C25H30N2O6/c1-3-18-7-4-5-8-22(18)32-16-21(28)19-10-11-23-20(15-19)27(25(30)17-33-23)13-6-9-24(29)26-12-14-31-2/h4-5,7-8,10-11,15H,3,6,9,12-14,16-17H2,1-2H3,(H,26,29). The molecule has 0 radical (unpaired) electrons. The lowest BCUT2D eigenvalue weighted by Crippen LogP contribution is -2.40. The minimum absolute atomic E-state index is 0.0722. The molecule has 1 aliphatic heterocycles. The molecule has 8 heteroatoms. The summed E-state index contributed by atoms with van der Waals surface area (Å²) < 4.78 is 16.2. The number of methoxy groups -OCH3 is 1. The number of para-hydroxylation sites is 1. The number of anilines is 1. The molecule has 2 amide bonds. The van der Waals surface area contributed by atoms with Crippen LogP contribution in [0.4, 0.5) is 5.69 Å². The number of carbonyl (C=O) groups is 3. The highest BCUT2D eigenvalue weighted by atomic mass is 16.5. The summed E-state index contributed by atoms with van der Waals surface area (Å²) >= 11 is 0. The largest absolute Gasteiger partial charge is 0.485 e. The zero-order valence-corrected chi connectivity index (χ0v) is 19.1. The van der Waals surface area contributed by atoms with Crippen molar-refractivity contribution in [1.29, 1.82) is 0 Å². The Labute approximate surface area is 193 Å². The van der Waals surface area contributed by atoms with Crippen LogP contribution in [-0.2, 0) is 20.7 Å². The van der Waals surface area contributed by atoms with Gasteiger partial charge in [-0.05, 0) is 42.7 Å². The van der Waals surface area contributed by atoms with Crippen LogP contribution in [0, 0.1) is 0 Å². The van der Waals surface area contributed by atoms with Crippen molar-refractivity contribution in [3.8, 4) is 11.5 Å².